The molecule has 0 radical (unpaired) electrons. The van der Waals surface area contributed by atoms with Gasteiger partial charge in [0.2, 0.25) is 5.91 Å². The van der Waals surface area contributed by atoms with Gasteiger partial charge in [-0.05, 0) is 24.3 Å². The summed E-state index contributed by atoms with van der Waals surface area (Å²) < 4.78 is 0. The lowest BCUT2D eigenvalue weighted by Gasteiger charge is -2.15. The van der Waals surface area contributed by atoms with Gasteiger partial charge >= 0.3 is 0 Å². The number of nitrogens with two attached hydrogens (primary N) is 1. The van der Waals surface area contributed by atoms with E-state index in [9.17, 15) is 9.59 Å². The van der Waals surface area contributed by atoms with E-state index in [4.69, 9.17) is 17.4 Å². The van der Waals surface area contributed by atoms with Gasteiger partial charge in [-0.25, -0.2) is 5.84 Å². The van der Waals surface area contributed by atoms with Crippen molar-refractivity contribution in [2.75, 3.05) is 11.4 Å². The third-order valence-corrected chi connectivity index (χ3v) is 2.94. The molecule has 5 nitrogen and oxygen atoms in total. The second-order valence-electron chi connectivity index (χ2n) is 3.83. The smallest absolute Gasteiger partial charge is 0.265 e. The number of halogens is 1. The molecular weight excluding hydrogens is 242 g/mol. The molecular formula is C11H12ClN3O2. The molecule has 90 valence electrons. The molecule has 1 aromatic carbocycles. The molecule has 0 spiro atoms. The van der Waals surface area contributed by atoms with Crippen LogP contribution in [0.15, 0.2) is 24.3 Å². The van der Waals surface area contributed by atoms with Gasteiger partial charge in [0.15, 0.2) is 0 Å². The highest BCUT2D eigenvalue weighted by atomic mass is 35.5. The van der Waals surface area contributed by atoms with Gasteiger partial charge in [0.05, 0.1) is 5.38 Å². The molecule has 6 heteroatoms. The number of benzene rings is 1. The Kier molecular flexibility index (Phi) is 3.31. The van der Waals surface area contributed by atoms with E-state index in [1.54, 1.807) is 29.2 Å². The Bertz CT molecular complexity index is 447. The van der Waals surface area contributed by atoms with Crippen LogP contribution in [0, 0.1) is 0 Å². The van der Waals surface area contributed by atoms with Crippen LogP contribution in [-0.4, -0.2) is 23.7 Å². The average Bonchev–Trinajstić information content (AvgIpc) is 2.68. The quantitative estimate of drug-likeness (QED) is 0.351. The molecule has 17 heavy (non-hydrogen) atoms. The molecule has 1 aromatic rings. The number of hydrogen-bond acceptors (Lipinski definition) is 3. The van der Waals surface area contributed by atoms with Crippen LogP contribution in [0.4, 0.5) is 5.69 Å². The van der Waals surface area contributed by atoms with Crippen molar-refractivity contribution in [1.29, 1.82) is 0 Å². The number of anilines is 1. The lowest BCUT2D eigenvalue weighted by molar-refractivity contribution is -0.117. The molecule has 2 amide bonds. The van der Waals surface area contributed by atoms with Crippen molar-refractivity contribution >= 4 is 29.1 Å². The maximum absolute atomic E-state index is 11.6. The van der Waals surface area contributed by atoms with Crippen molar-refractivity contribution in [2.45, 2.75) is 11.8 Å². The van der Waals surface area contributed by atoms with Crippen molar-refractivity contribution in [1.82, 2.24) is 5.43 Å². The molecule has 0 bridgehead atoms. The molecule has 1 heterocycles. The summed E-state index contributed by atoms with van der Waals surface area (Å²) in [4.78, 5) is 24.4. The van der Waals surface area contributed by atoms with Gasteiger partial charge < -0.3 is 4.90 Å². The maximum Gasteiger partial charge on any atom is 0.265 e. The van der Waals surface area contributed by atoms with Crippen LogP contribution in [0.1, 0.15) is 16.8 Å². The second kappa shape index (κ2) is 4.73. The molecule has 0 aliphatic carbocycles. The highest BCUT2D eigenvalue weighted by molar-refractivity contribution is 6.24. The highest BCUT2D eigenvalue weighted by Crippen LogP contribution is 2.24. The molecule has 1 unspecified atom stereocenters. The normalized spacial score (nSPS) is 19.5. The summed E-state index contributed by atoms with van der Waals surface area (Å²) >= 11 is 5.91. The number of amides is 2. The molecule has 0 saturated carbocycles. The molecule has 2 rings (SSSR count). The van der Waals surface area contributed by atoms with Gasteiger partial charge in [0.25, 0.3) is 5.91 Å². The van der Waals surface area contributed by atoms with Crippen molar-refractivity contribution in [2.24, 2.45) is 5.84 Å². The van der Waals surface area contributed by atoms with Crippen LogP contribution in [0.5, 0.6) is 0 Å². The Labute approximate surface area is 103 Å². The molecule has 1 aliphatic rings. The summed E-state index contributed by atoms with van der Waals surface area (Å²) in [6.07, 6.45) is 0.354. The summed E-state index contributed by atoms with van der Waals surface area (Å²) in [5.74, 6) is 4.66. The summed E-state index contributed by atoms with van der Waals surface area (Å²) in [6, 6.07) is 6.65. The van der Waals surface area contributed by atoms with Gasteiger partial charge in [-0.3, -0.25) is 15.0 Å². The third-order valence-electron chi connectivity index (χ3n) is 2.65. The lowest BCUT2D eigenvalue weighted by atomic mass is 10.2. The number of hydrogen-bond donors (Lipinski definition) is 2. The predicted octanol–water partition coefficient (Wildman–Crippen LogP) is 0.634. The fraction of sp³-hybridized carbons (Fsp3) is 0.273. The van der Waals surface area contributed by atoms with E-state index in [1.807, 2.05) is 5.43 Å². The van der Waals surface area contributed by atoms with Crippen LogP contribution in [0.2, 0.25) is 0 Å². The first-order chi connectivity index (χ1) is 8.11. The van der Waals surface area contributed by atoms with Gasteiger partial charge in [-0.15, -0.1) is 11.6 Å². The van der Waals surface area contributed by atoms with Crippen LogP contribution in [0.25, 0.3) is 0 Å². The van der Waals surface area contributed by atoms with E-state index < -0.39 is 0 Å². The lowest BCUT2D eigenvalue weighted by Crippen LogP contribution is -2.30. The number of alkyl halides is 1. The average molecular weight is 254 g/mol. The Morgan fingerprint density at radius 3 is 2.53 bits per heavy atom. The Balaban J connectivity index is 2.18. The molecule has 1 atom stereocenters. The number of nitrogen functional groups attached to an aromatic ring is 1. The van der Waals surface area contributed by atoms with Gasteiger partial charge in [-0.1, -0.05) is 0 Å². The Morgan fingerprint density at radius 1 is 1.41 bits per heavy atom. The minimum absolute atomic E-state index is 0.000950. The fourth-order valence-electron chi connectivity index (χ4n) is 1.79. The van der Waals surface area contributed by atoms with E-state index in [2.05, 4.69) is 0 Å². The zero-order valence-electron chi connectivity index (χ0n) is 9.02. The summed E-state index contributed by atoms with van der Waals surface area (Å²) in [5, 5.41) is -0.144. The number of nitrogens with one attached hydrogen (secondary N) is 1. The monoisotopic (exact) mass is 253 g/mol. The first-order valence-corrected chi connectivity index (χ1v) is 5.61. The standard InChI is InChI=1S/C11H12ClN3O2/c12-8-5-10(16)15(6-8)9-3-1-7(2-4-9)11(17)14-13/h1-4,8H,5-6,13H2,(H,14,17). The van der Waals surface area contributed by atoms with E-state index in [1.165, 1.54) is 0 Å². The van der Waals surface area contributed by atoms with Crippen LogP contribution in [0.3, 0.4) is 0 Å². The Morgan fingerprint density at radius 2 is 2.06 bits per heavy atom. The highest BCUT2D eigenvalue weighted by Gasteiger charge is 2.28. The largest absolute Gasteiger partial charge is 0.311 e. The number of carbonyl (C=O) groups excluding carboxylic acids is 2. The zero-order chi connectivity index (χ0) is 12.4. The van der Waals surface area contributed by atoms with E-state index in [0.717, 1.165) is 5.69 Å². The molecule has 0 aromatic heterocycles. The first-order valence-electron chi connectivity index (χ1n) is 5.17. The second-order valence-corrected chi connectivity index (χ2v) is 4.44. The van der Waals surface area contributed by atoms with Crippen molar-refractivity contribution < 1.29 is 9.59 Å². The van der Waals surface area contributed by atoms with Crippen molar-refractivity contribution in [3.05, 3.63) is 29.8 Å². The fourth-order valence-corrected chi connectivity index (χ4v) is 2.06. The van der Waals surface area contributed by atoms with E-state index >= 15 is 0 Å². The summed E-state index contributed by atoms with van der Waals surface area (Å²) in [7, 11) is 0. The predicted molar refractivity (Wildman–Crippen MR) is 64.7 cm³/mol. The van der Waals surface area contributed by atoms with Crippen LogP contribution >= 0.6 is 11.6 Å². The SMILES string of the molecule is NNC(=O)c1ccc(N2CC(Cl)CC2=O)cc1. The molecule has 3 N–H and O–H groups in total. The summed E-state index contributed by atoms with van der Waals surface area (Å²) in [6.45, 7) is 0.503. The molecule has 1 aliphatic heterocycles. The molecule has 1 saturated heterocycles. The third kappa shape index (κ3) is 2.40. The topological polar surface area (TPSA) is 75.4 Å². The Hall–Kier alpha value is -1.59. The molecule has 1 fully saturated rings. The zero-order valence-corrected chi connectivity index (χ0v) is 9.78. The maximum atomic E-state index is 11.6. The van der Waals surface area contributed by atoms with Gasteiger partial charge in [0.1, 0.15) is 0 Å². The minimum atomic E-state index is -0.362. The van der Waals surface area contributed by atoms with Crippen molar-refractivity contribution in [3.63, 3.8) is 0 Å². The van der Waals surface area contributed by atoms with Gasteiger partial charge in [0, 0.05) is 24.2 Å². The number of carbonyl (C=O) groups is 2. The minimum Gasteiger partial charge on any atom is -0.311 e. The van der Waals surface area contributed by atoms with Crippen molar-refractivity contribution in [3.8, 4) is 0 Å². The van der Waals surface area contributed by atoms with E-state index in [0.29, 0.717) is 18.5 Å². The number of nitrogens with zero attached hydrogens (tertiary/aromatic N) is 1. The number of rotatable bonds is 2. The number of hydrazine groups is 1. The van der Waals surface area contributed by atoms with E-state index in [-0.39, 0.29) is 17.2 Å². The van der Waals surface area contributed by atoms with Crippen LogP contribution in [-0.2, 0) is 4.79 Å². The summed E-state index contributed by atoms with van der Waals surface area (Å²) in [5.41, 5.74) is 3.24. The first kappa shape index (κ1) is 11.9. The van der Waals surface area contributed by atoms with Gasteiger partial charge in [-0.2, -0.15) is 0 Å². The van der Waals surface area contributed by atoms with Crippen LogP contribution < -0.4 is 16.2 Å².